The molecule has 5 rings (SSSR count). The van der Waals surface area contributed by atoms with Gasteiger partial charge in [-0.15, -0.1) is 0 Å². The fourth-order valence-corrected chi connectivity index (χ4v) is 6.43. The lowest BCUT2D eigenvalue weighted by atomic mass is 9.94. The molecule has 1 aromatic rings. The molecule has 0 aromatic carbocycles. The van der Waals surface area contributed by atoms with Gasteiger partial charge in [0.05, 0.1) is 5.69 Å². The topological polar surface area (TPSA) is 44.3 Å². The molecule has 2 aliphatic heterocycles. The van der Waals surface area contributed by atoms with Gasteiger partial charge in [0.15, 0.2) is 0 Å². The van der Waals surface area contributed by atoms with Crippen LogP contribution in [-0.4, -0.2) is 53.1 Å². The summed E-state index contributed by atoms with van der Waals surface area (Å²) < 4.78 is 0. The molecular weight excluding hydrogens is 382 g/mol. The van der Waals surface area contributed by atoms with E-state index in [2.05, 4.69) is 15.1 Å². The van der Waals surface area contributed by atoms with E-state index in [1.165, 1.54) is 140 Å². The Hall–Kier alpha value is -1.36. The van der Waals surface area contributed by atoms with Crippen molar-refractivity contribution in [2.24, 2.45) is 0 Å². The molecule has 0 unspecified atom stereocenters. The van der Waals surface area contributed by atoms with E-state index in [0.29, 0.717) is 6.04 Å². The Bertz CT molecular complexity index is 706. The first-order chi connectivity index (χ1) is 15.4. The highest BCUT2D eigenvalue weighted by atomic mass is 15.3. The summed E-state index contributed by atoms with van der Waals surface area (Å²) in [5, 5.41) is 3.84. The van der Waals surface area contributed by atoms with Gasteiger partial charge in [0.1, 0.15) is 5.82 Å². The van der Waals surface area contributed by atoms with Crippen molar-refractivity contribution >= 4 is 11.8 Å². The number of fused-ring (bicyclic) bond motifs is 1. The van der Waals surface area contributed by atoms with Gasteiger partial charge >= 0.3 is 0 Å². The van der Waals surface area contributed by atoms with Crippen LogP contribution < -0.4 is 10.2 Å². The lowest BCUT2D eigenvalue weighted by molar-refractivity contribution is 0.158. The fourth-order valence-electron chi connectivity index (χ4n) is 6.43. The van der Waals surface area contributed by atoms with Gasteiger partial charge < -0.3 is 10.2 Å². The number of aromatic nitrogens is 2. The van der Waals surface area contributed by atoms with Crippen LogP contribution in [0.1, 0.15) is 101 Å². The molecule has 1 saturated carbocycles. The number of aryl methyl sites for hydroxylation is 1. The standard InChI is InChI=1S/C26H43N5/c1-2-10-18-30(17-9-1)25-23-15-6-7-16-24(23)28-26(29-25)27-21-12-8-11-19-31(20-21)22-13-4-3-5-14-22/h21-22H,1-20H2,(H,27,28,29)/t21-/m1/s1. The minimum atomic E-state index is 0.489. The van der Waals surface area contributed by atoms with Crippen LogP contribution in [0.2, 0.25) is 0 Å². The summed E-state index contributed by atoms with van der Waals surface area (Å²) in [5.41, 5.74) is 2.80. The van der Waals surface area contributed by atoms with Crippen LogP contribution in [0.15, 0.2) is 0 Å². The summed E-state index contributed by atoms with van der Waals surface area (Å²) in [6.07, 6.45) is 21.2. The maximum Gasteiger partial charge on any atom is 0.225 e. The molecule has 3 fully saturated rings. The van der Waals surface area contributed by atoms with Gasteiger partial charge in [-0.2, -0.15) is 4.98 Å². The molecule has 1 N–H and O–H groups in total. The summed E-state index contributed by atoms with van der Waals surface area (Å²) in [6.45, 7) is 4.79. The van der Waals surface area contributed by atoms with Crippen molar-refractivity contribution in [1.29, 1.82) is 0 Å². The van der Waals surface area contributed by atoms with Crippen molar-refractivity contribution in [3.63, 3.8) is 0 Å². The summed E-state index contributed by atoms with van der Waals surface area (Å²) in [5.74, 6) is 2.18. The molecule has 2 aliphatic carbocycles. The van der Waals surface area contributed by atoms with Gasteiger partial charge in [-0.3, -0.25) is 4.90 Å². The van der Waals surface area contributed by atoms with E-state index in [0.717, 1.165) is 18.4 Å². The second kappa shape index (κ2) is 10.5. The van der Waals surface area contributed by atoms with E-state index < -0.39 is 0 Å². The molecule has 0 amide bonds. The zero-order valence-corrected chi connectivity index (χ0v) is 19.6. The number of hydrogen-bond donors (Lipinski definition) is 1. The normalized spacial score (nSPS) is 26.7. The largest absolute Gasteiger partial charge is 0.356 e. The molecular formula is C26H43N5. The average molecular weight is 426 g/mol. The van der Waals surface area contributed by atoms with Crippen molar-refractivity contribution < 1.29 is 0 Å². The number of likely N-dealkylation sites (tertiary alicyclic amines) is 1. The lowest BCUT2D eigenvalue weighted by Gasteiger charge is -2.35. The number of hydrogen-bond acceptors (Lipinski definition) is 5. The molecule has 5 nitrogen and oxygen atoms in total. The van der Waals surface area contributed by atoms with Gasteiger partial charge in [0.25, 0.3) is 0 Å². The highest BCUT2D eigenvalue weighted by Crippen LogP contribution is 2.31. The van der Waals surface area contributed by atoms with Crippen molar-refractivity contribution in [3.8, 4) is 0 Å². The molecule has 0 radical (unpaired) electrons. The Kier molecular flexibility index (Phi) is 7.28. The number of nitrogens with one attached hydrogen (secondary N) is 1. The summed E-state index contributed by atoms with van der Waals surface area (Å²) in [4.78, 5) is 15.7. The molecule has 1 aromatic heterocycles. The SMILES string of the molecule is C1CCC(N2CCCC[C@@H](Nc3nc4c(c(N5CCCCCC5)n3)CCCC4)C2)CC1. The highest BCUT2D eigenvalue weighted by Gasteiger charge is 2.27. The summed E-state index contributed by atoms with van der Waals surface area (Å²) >= 11 is 0. The predicted octanol–water partition coefficient (Wildman–Crippen LogP) is 5.33. The Morgan fingerprint density at radius 1 is 0.677 bits per heavy atom. The quantitative estimate of drug-likeness (QED) is 0.706. The van der Waals surface area contributed by atoms with E-state index >= 15 is 0 Å². The first-order valence-corrected chi connectivity index (χ1v) is 13.5. The van der Waals surface area contributed by atoms with Crippen molar-refractivity contribution in [2.75, 3.05) is 36.4 Å². The third-order valence-corrected chi connectivity index (χ3v) is 8.19. The maximum atomic E-state index is 5.20. The van der Waals surface area contributed by atoms with Gasteiger partial charge in [0.2, 0.25) is 5.95 Å². The number of rotatable bonds is 4. The highest BCUT2D eigenvalue weighted by molar-refractivity contribution is 5.54. The first kappa shape index (κ1) is 21.5. The zero-order valence-electron chi connectivity index (χ0n) is 19.6. The van der Waals surface area contributed by atoms with Crippen LogP contribution in [0, 0.1) is 0 Å². The molecule has 4 aliphatic rings. The van der Waals surface area contributed by atoms with Gasteiger partial charge in [-0.05, 0) is 70.8 Å². The Labute approximate surface area is 189 Å². The molecule has 5 heteroatoms. The minimum absolute atomic E-state index is 0.489. The Balaban J connectivity index is 1.34. The van der Waals surface area contributed by atoms with Crippen LogP contribution in [0.3, 0.4) is 0 Å². The maximum absolute atomic E-state index is 5.20. The van der Waals surface area contributed by atoms with Gasteiger partial charge in [-0.1, -0.05) is 38.5 Å². The predicted molar refractivity (Wildman–Crippen MR) is 129 cm³/mol. The monoisotopic (exact) mass is 425 g/mol. The third kappa shape index (κ3) is 5.35. The molecule has 1 atom stereocenters. The molecule has 2 saturated heterocycles. The molecule has 0 bridgehead atoms. The van der Waals surface area contributed by atoms with E-state index in [1.807, 2.05) is 0 Å². The summed E-state index contributed by atoms with van der Waals surface area (Å²) in [7, 11) is 0. The second-order valence-corrected chi connectivity index (χ2v) is 10.5. The summed E-state index contributed by atoms with van der Waals surface area (Å²) in [6, 6.07) is 1.30. The van der Waals surface area contributed by atoms with Gasteiger partial charge in [-0.25, -0.2) is 4.98 Å². The van der Waals surface area contributed by atoms with Crippen LogP contribution in [0.4, 0.5) is 11.8 Å². The smallest absolute Gasteiger partial charge is 0.225 e. The van der Waals surface area contributed by atoms with Crippen LogP contribution >= 0.6 is 0 Å². The molecule has 3 heterocycles. The van der Waals surface area contributed by atoms with E-state index in [-0.39, 0.29) is 0 Å². The first-order valence-electron chi connectivity index (χ1n) is 13.5. The zero-order chi connectivity index (χ0) is 20.9. The van der Waals surface area contributed by atoms with Crippen LogP contribution in [0.25, 0.3) is 0 Å². The number of nitrogens with zero attached hydrogens (tertiary/aromatic N) is 4. The third-order valence-electron chi connectivity index (χ3n) is 8.19. The van der Waals surface area contributed by atoms with Crippen molar-refractivity contribution in [2.45, 2.75) is 115 Å². The number of anilines is 2. The van der Waals surface area contributed by atoms with E-state index in [9.17, 15) is 0 Å². The molecule has 172 valence electrons. The Morgan fingerprint density at radius 3 is 2.23 bits per heavy atom. The average Bonchev–Trinajstić information content (AvgIpc) is 3.22. The Morgan fingerprint density at radius 2 is 1.39 bits per heavy atom. The second-order valence-electron chi connectivity index (χ2n) is 10.5. The van der Waals surface area contributed by atoms with Crippen molar-refractivity contribution in [1.82, 2.24) is 14.9 Å². The van der Waals surface area contributed by atoms with Crippen molar-refractivity contribution in [3.05, 3.63) is 11.3 Å². The van der Waals surface area contributed by atoms with E-state index in [1.54, 1.807) is 0 Å². The molecule has 0 spiro atoms. The van der Waals surface area contributed by atoms with Gasteiger partial charge in [0, 0.05) is 37.3 Å². The van der Waals surface area contributed by atoms with E-state index in [4.69, 9.17) is 9.97 Å². The lowest BCUT2D eigenvalue weighted by Crippen LogP contribution is -2.43. The minimum Gasteiger partial charge on any atom is -0.356 e. The fraction of sp³-hybridized carbons (Fsp3) is 0.846. The van der Waals surface area contributed by atoms with Crippen LogP contribution in [0.5, 0.6) is 0 Å². The molecule has 31 heavy (non-hydrogen) atoms. The van der Waals surface area contributed by atoms with Crippen LogP contribution in [-0.2, 0) is 12.8 Å².